The summed E-state index contributed by atoms with van der Waals surface area (Å²) in [5, 5.41) is 10.5. The van der Waals surface area contributed by atoms with E-state index in [9.17, 15) is 4.79 Å². The molecule has 9 heteroatoms. The number of hydrogen-bond donors (Lipinski definition) is 3. The van der Waals surface area contributed by atoms with Gasteiger partial charge in [-0.25, -0.2) is 9.97 Å². The maximum Gasteiger partial charge on any atom is 0.248 e. The Kier molecular flexibility index (Phi) is 7.86. The second-order valence-electron chi connectivity index (χ2n) is 9.43. The highest BCUT2D eigenvalue weighted by Crippen LogP contribution is 2.28. The molecular weight excluding hydrogens is 476 g/mol. The number of para-hydroxylation sites is 1. The summed E-state index contributed by atoms with van der Waals surface area (Å²) in [5.74, 6) is 0.328. The van der Waals surface area contributed by atoms with Gasteiger partial charge in [0, 0.05) is 79.2 Å². The smallest absolute Gasteiger partial charge is 0.248 e. The van der Waals surface area contributed by atoms with E-state index in [2.05, 4.69) is 55.1 Å². The molecule has 4 aromatic rings. The van der Waals surface area contributed by atoms with E-state index in [4.69, 9.17) is 4.98 Å². The predicted molar refractivity (Wildman–Crippen MR) is 154 cm³/mol. The Morgan fingerprint density at radius 3 is 2.66 bits per heavy atom. The molecule has 38 heavy (non-hydrogen) atoms. The number of pyridine rings is 1. The van der Waals surface area contributed by atoms with E-state index in [1.807, 2.05) is 55.5 Å². The van der Waals surface area contributed by atoms with Crippen LogP contribution in [0.2, 0.25) is 0 Å². The highest BCUT2D eigenvalue weighted by molar-refractivity contribution is 6.00. The van der Waals surface area contributed by atoms with Crippen molar-refractivity contribution in [3.8, 4) is 11.3 Å². The van der Waals surface area contributed by atoms with Crippen molar-refractivity contribution in [1.82, 2.24) is 25.2 Å². The van der Waals surface area contributed by atoms with Gasteiger partial charge in [0.1, 0.15) is 0 Å². The summed E-state index contributed by atoms with van der Waals surface area (Å²) in [7, 11) is 3.91. The molecule has 0 saturated carbocycles. The third kappa shape index (κ3) is 6.31. The van der Waals surface area contributed by atoms with Gasteiger partial charge in [0.05, 0.1) is 11.2 Å². The Bertz CT molecular complexity index is 1430. The molecule has 194 valence electrons. The number of anilines is 4. The maximum absolute atomic E-state index is 12.3. The number of amides is 1. The summed E-state index contributed by atoms with van der Waals surface area (Å²) in [6, 6.07) is 17.9. The molecule has 3 N–H and O–H groups in total. The lowest BCUT2D eigenvalue weighted by Gasteiger charge is -2.29. The Balaban J connectivity index is 1.35. The van der Waals surface area contributed by atoms with Gasteiger partial charge in [-0.15, -0.1) is 0 Å². The number of nitrogens with one attached hydrogen (secondary N) is 3. The molecule has 9 nitrogen and oxygen atoms in total. The fourth-order valence-electron chi connectivity index (χ4n) is 4.34. The molecule has 5 rings (SSSR count). The number of fused-ring (bicyclic) bond motifs is 1. The first-order valence-electron chi connectivity index (χ1n) is 12.7. The molecule has 0 spiro atoms. The van der Waals surface area contributed by atoms with E-state index in [0.29, 0.717) is 18.2 Å². The van der Waals surface area contributed by atoms with Crippen LogP contribution in [-0.2, 0) is 4.79 Å². The van der Waals surface area contributed by atoms with Crippen LogP contribution in [0.1, 0.15) is 0 Å². The topological polar surface area (TPSA) is 98.3 Å². The molecule has 3 heterocycles. The van der Waals surface area contributed by atoms with Gasteiger partial charge < -0.3 is 25.8 Å². The highest BCUT2D eigenvalue weighted by atomic mass is 16.1. The number of rotatable bonds is 8. The van der Waals surface area contributed by atoms with E-state index in [1.165, 1.54) is 5.69 Å². The summed E-state index contributed by atoms with van der Waals surface area (Å²) in [6.45, 7) is 4.72. The normalized spacial score (nSPS) is 13.8. The monoisotopic (exact) mass is 508 g/mol. The Labute approximate surface area is 222 Å². The van der Waals surface area contributed by atoms with Crippen LogP contribution in [0.3, 0.4) is 0 Å². The molecule has 0 aliphatic carbocycles. The van der Waals surface area contributed by atoms with E-state index >= 15 is 0 Å². The van der Waals surface area contributed by atoms with Gasteiger partial charge >= 0.3 is 0 Å². The quantitative estimate of drug-likeness (QED) is 0.308. The van der Waals surface area contributed by atoms with E-state index < -0.39 is 0 Å². The number of carbonyl (C=O) groups is 1. The molecule has 0 unspecified atom stereocenters. The van der Waals surface area contributed by atoms with Crippen LogP contribution in [0, 0.1) is 0 Å². The fourth-order valence-corrected chi connectivity index (χ4v) is 4.34. The number of piperazine rings is 1. The zero-order valence-electron chi connectivity index (χ0n) is 21.7. The van der Waals surface area contributed by atoms with Crippen LogP contribution < -0.4 is 20.9 Å². The Morgan fingerprint density at radius 1 is 1.05 bits per heavy atom. The summed E-state index contributed by atoms with van der Waals surface area (Å²) in [5.41, 5.74) is 5.17. The molecule has 1 saturated heterocycles. The van der Waals surface area contributed by atoms with Crippen molar-refractivity contribution in [1.29, 1.82) is 0 Å². The van der Waals surface area contributed by atoms with Crippen LogP contribution in [-0.4, -0.2) is 72.6 Å². The van der Waals surface area contributed by atoms with Crippen LogP contribution >= 0.6 is 0 Å². The van der Waals surface area contributed by atoms with Gasteiger partial charge in [0.15, 0.2) is 0 Å². The molecule has 1 fully saturated rings. The van der Waals surface area contributed by atoms with Crippen LogP contribution in [0.15, 0.2) is 79.1 Å². The highest BCUT2D eigenvalue weighted by Gasteiger charge is 2.12. The largest absolute Gasteiger partial charge is 0.369 e. The average Bonchev–Trinajstić information content (AvgIpc) is 2.93. The van der Waals surface area contributed by atoms with E-state index in [1.54, 1.807) is 18.3 Å². The predicted octanol–water partition coefficient (Wildman–Crippen LogP) is 3.90. The van der Waals surface area contributed by atoms with Crippen molar-refractivity contribution < 1.29 is 4.79 Å². The SMILES string of the molecule is CN(C)CC=CC(=O)Nc1ccnc(-c2cccc3cnc(Nc4ccc(N5CCNCC5)cc4)nc23)c1. The molecule has 2 aromatic carbocycles. The first-order valence-corrected chi connectivity index (χ1v) is 12.7. The molecular formula is C29H32N8O. The van der Waals surface area contributed by atoms with Crippen molar-refractivity contribution in [2.45, 2.75) is 0 Å². The van der Waals surface area contributed by atoms with E-state index in [-0.39, 0.29) is 5.91 Å². The average molecular weight is 509 g/mol. The van der Waals surface area contributed by atoms with Gasteiger partial charge in [-0.3, -0.25) is 9.78 Å². The summed E-state index contributed by atoms with van der Waals surface area (Å²) in [4.78, 5) is 30.6. The van der Waals surface area contributed by atoms with Crippen molar-refractivity contribution in [2.24, 2.45) is 0 Å². The zero-order valence-corrected chi connectivity index (χ0v) is 21.7. The number of carbonyl (C=O) groups excluding carboxylic acids is 1. The molecule has 1 aliphatic rings. The maximum atomic E-state index is 12.3. The fraction of sp³-hybridized carbons (Fsp3) is 0.241. The lowest BCUT2D eigenvalue weighted by atomic mass is 10.1. The number of likely N-dealkylation sites (N-methyl/N-ethyl adjacent to an activating group) is 1. The lowest BCUT2D eigenvalue weighted by Crippen LogP contribution is -2.43. The first-order chi connectivity index (χ1) is 18.5. The van der Waals surface area contributed by atoms with Gasteiger partial charge in [0.2, 0.25) is 11.9 Å². The van der Waals surface area contributed by atoms with Crippen LogP contribution in [0.25, 0.3) is 22.2 Å². The second-order valence-corrected chi connectivity index (χ2v) is 9.43. The van der Waals surface area contributed by atoms with Crippen molar-refractivity contribution >= 4 is 39.8 Å². The van der Waals surface area contributed by atoms with Gasteiger partial charge in [-0.1, -0.05) is 24.3 Å². The first kappa shape index (κ1) is 25.3. The second kappa shape index (κ2) is 11.8. The minimum absolute atomic E-state index is 0.182. The number of benzene rings is 2. The van der Waals surface area contributed by atoms with Gasteiger partial charge in [-0.2, -0.15) is 0 Å². The molecule has 0 atom stereocenters. The number of hydrogen-bond acceptors (Lipinski definition) is 8. The summed E-state index contributed by atoms with van der Waals surface area (Å²) in [6.07, 6.45) is 6.86. The van der Waals surface area contributed by atoms with Crippen LogP contribution in [0.5, 0.6) is 0 Å². The lowest BCUT2D eigenvalue weighted by molar-refractivity contribution is -0.111. The third-order valence-electron chi connectivity index (χ3n) is 6.26. The molecule has 1 amide bonds. The molecule has 2 aromatic heterocycles. The number of nitrogens with zero attached hydrogens (tertiary/aromatic N) is 5. The number of aromatic nitrogens is 3. The van der Waals surface area contributed by atoms with Crippen molar-refractivity contribution in [3.63, 3.8) is 0 Å². The Hall–Kier alpha value is -4.34. The van der Waals surface area contributed by atoms with Crippen molar-refractivity contribution in [2.75, 3.05) is 62.4 Å². The molecule has 0 radical (unpaired) electrons. The zero-order chi connectivity index (χ0) is 26.3. The standard InChI is InChI=1S/C29H32N8O/c1-36(2)16-4-7-27(38)33-23-12-13-31-26(19-23)25-6-3-5-21-20-32-29(35-28(21)25)34-22-8-10-24(11-9-22)37-17-14-30-15-18-37/h3-13,19-20,30H,14-18H2,1-2H3,(H,31,33,38)(H,32,34,35). The van der Waals surface area contributed by atoms with Gasteiger partial charge in [0.25, 0.3) is 0 Å². The van der Waals surface area contributed by atoms with Crippen LogP contribution in [0.4, 0.5) is 23.0 Å². The van der Waals surface area contributed by atoms with Crippen molar-refractivity contribution in [3.05, 3.63) is 79.1 Å². The molecule has 1 aliphatic heterocycles. The summed E-state index contributed by atoms with van der Waals surface area (Å²) < 4.78 is 0. The van der Waals surface area contributed by atoms with Gasteiger partial charge in [-0.05, 0) is 50.5 Å². The third-order valence-corrected chi connectivity index (χ3v) is 6.26. The minimum Gasteiger partial charge on any atom is -0.369 e. The minimum atomic E-state index is -0.182. The Morgan fingerprint density at radius 2 is 1.87 bits per heavy atom. The van der Waals surface area contributed by atoms with E-state index in [0.717, 1.165) is 54.0 Å². The molecule has 0 bridgehead atoms. The summed E-state index contributed by atoms with van der Waals surface area (Å²) >= 11 is 0.